The van der Waals surface area contributed by atoms with Crippen LogP contribution in [0.2, 0.25) is 0 Å². The number of benzene rings is 2. The second-order valence-electron chi connectivity index (χ2n) is 6.75. The lowest BCUT2D eigenvalue weighted by atomic mass is 9.90. The Morgan fingerprint density at radius 3 is 2.52 bits per heavy atom. The van der Waals surface area contributed by atoms with E-state index in [1.165, 1.54) is 0 Å². The summed E-state index contributed by atoms with van der Waals surface area (Å²) in [6.45, 7) is 4.62. The van der Waals surface area contributed by atoms with Crippen molar-refractivity contribution < 1.29 is 9.53 Å². The van der Waals surface area contributed by atoms with Gasteiger partial charge in [0.15, 0.2) is 0 Å². The highest BCUT2D eigenvalue weighted by Crippen LogP contribution is 2.30. The first kappa shape index (κ1) is 19.3. The summed E-state index contributed by atoms with van der Waals surface area (Å²) < 4.78 is 5.82. The summed E-state index contributed by atoms with van der Waals surface area (Å²) in [5.74, 6) is 0.871. The molecule has 2 N–H and O–H groups in total. The highest BCUT2D eigenvalue weighted by atomic mass is 35.5. The number of hydrogen-bond donors (Lipinski definition) is 1. The Balaban J connectivity index is 0.00000225. The van der Waals surface area contributed by atoms with Crippen LogP contribution < -0.4 is 10.5 Å². The van der Waals surface area contributed by atoms with E-state index in [0.29, 0.717) is 13.2 Å². The fourth-order valence-corrected chi connectivity index (χ4v) is 3.07. The van der Waals surface area contributed by atoms with E-state index in [4.69, 9.17) is 10.5 Å². The monoisotopic (exact) mass is 360 g/mol. The number of rotatable bonds is 5. The van der Waals surface area contributed by atoms with Crippen molar-refractivity contribution in [1.82, 2.24) is 4.90 Å². The summed E-state index contributed by atoms with van der Waals surface area (Å²) in [4.78, 5) is 14.8. The summed E-state index contributed by atoms with van der Waals surface area (Å²) in [6, 6.07) is 17.3. The van der Waals surface area contributed by atoms with E-state index in [0.717, 1.165) is 36.4 Å². The first-order valence-corrected chi connectivity index (χ1v) is 8.36. The first-order valence-electron chi connectivity index (χ1n) is 8.36. The third-order valence-electron chi connectivity index (χ3n) is 4.72. The molecule has 25 heavy (non-hydrogen) atoms. The van der Waals surface area contributed by atoms with Crippen molar-refractivity contribution in [3.63, 3.8) is 0 Å². The lowest BCUT2D eigenvalue weighted by molar-refractivity contribution is 0.0774. The molecule has 2 aromatic carbocycles. The Morgan fingerprint density at radius 2 is 1.84 bits per heavy atom. The number of hydrogen-bond acceptors (Lipinski definition) is 3. The summed E-state index contributed by atoms with van der Waals surface area (Å²) in [5, 5.41) is 0. The van der Waals surface area contributed by atoms with Crippen molar-refractivity contribution in [2.75, 3.05) is 19.6 Å². The number of nitrogens with zero attached hydrogens (tertiary/aromatic N) is 1. The van der Waals surface area contributed by atoms with E-state index in [9.17, 15) is 4.79 Å². The minimum atomic E-state index is 0. The van der Waals surface area contributed by atoms with Gasteiger partial charge in [-0.2, -0.15) is 0 Å². The smallest absolute Gasteiger partial charge is 0.254 e. The molecule has 4 nitrogen and oxygen atoms in total. The number of nitrogens with two attached hydrogens (primary N) is 1. The average molecular weight is 361 g/mol. The minimum absolute atomic E-state index is 0. The van der Waals surface area contributed by atoms with E-state index >= 15 is 0 Å². The molecule has 1 amide bonds. The standard InChI is InChI=1S/C20H24N2O2.ClH/c1-20(14-21)11-12-22(15-20)19(23)18-10-6-5-7-16(18)13-24-17-8-3-2-4-9-17;/h2-10H,11-15,21H2,1H3;1H. The van der Waals surface area contributed by atoms with Gasteiger partial charge in [0.05, 0.1) is 0 Å². The quantitative estimate of drug-likeness (QED) is 0.887. The van der Waals surface area contributed by atoms with Gasteiger partial charge in [-0.05, 0) is 36.6 Å². The lowest BCUT2D eigenvalue weighted by Crippen LogP contribution is -2.35. The van der Waals surface area contributed by atoms with Gasteiger partial charge in [-0.15, -0.1) is 12.4 Å². The van der Waals surface area contributed by atoms with Crippen molar-refractivity contribution >= 4 is 18.3 Å². The zero-order valence-corrected chi connectivity index (χ0v) is 15.3. The third-order valence-corrected chi connectivity index (χ3v) is 4.72. The molecule has 1 atom stereocenters. The molecule has 1 heterocycles. The molecule has 1 aliphatic heterocycles. The maximum absolute atomic E-state index is 12.9. The summed E-state index contributed by atoms with van der Waals surface area (Å²) >= 11 is 0. The number of carbonyl (C=O) groups is 1. The maximum Gasteiger partial charge on any atom is 0.254 e. The largest absolute Gasteiger partial charge is 0.489 e. The van der Waals surface area contributed by atoms with Crippen molar-refractivity contribution in [3.05, 3.63) is 65.7 Å². The maximum atomic E-state index is 12.9. The molecule has 1 unspecified atom stereocenters. The molecule has 0 radical (unpaired) electrons. The van der Waals surface area contributed by atoms with Crippen molar-refractivity contribution in [3.8, 4) is 5.75 Å². The molecule has 134 valence electrons. The predicted octanol–water partition coefficient (Wildman–Crippen LogP) is 3.50. The lowest BCUT2D eigenvalue weighted by Gasteiger charge is -2.23. The molecule has 2 aromatic rings. The van der Waals surface area contributed by atoms with Crippen molar-refractivity contribution in [2.45, 2.75) is 20.0 Å². The molecule has 0 aromatic heterocycles. The molecule has 0 saturated carbocycles. The van der Waals surface area contributed by atoms with Crippen LogP contribution in [0.1, 0.15) is 29.3 Å². The molecular formula is C20H25ClN2O2. The first-order chi connectivity index (χ1) is 11.6. The highest BCUT2D eigenvalue weighted by Gasteiger charge is 2.35. The molecule has 0 bridgehead atoms. The molecule has 3 rings (SSSR count). The normalized spacial score (nSPS) is 19.4. The van der Waals surface area contributed by atoms with Gasteiger partial charge in [-0.3, -0.25) is 4.79 Å². The summed E-state index contributed by atoms with van der Waals surface area (Å²) in [5.41, 5.74) is 7.51. The Morgan fingerprint density at radius 1 is 1.16 bits per heavy atom. The number of halogens is 1. The van der Waals surface area contributed by atoms with Crippen LogP contribution in [0, 0.1) is 5.41 Å². The molecule has 5 heteroatoms. The molecule has 0 spiro atoms. The van der Waals surface area contributed by atoms with Crippen molar-refractivity contribution in [1.29, 1.82) is 0 Å². The Labute approximate surface area is 155 Å². The molecular weight excluding hydrogens is 336 g/mol. The Hall–Kier alpha value is -2.04. The highest BCUT2D eigenvalue weighted by molar-refractivity contribution is 5.95. The van der Waals surface area contributed by atoms with Crippen LogP contribution in [-0.2, 0) is 6.61 Å². The van der Waals surface area contributed by atoms with E-state index in [-0.39, 0.29) is 23.7 Å². The van der Waals surface area contributed by atoms with Crippen LogP contribution in [0.15, 0.2) is 54.6 Å². The van der Waals surface area contributed by atoms with Gasteiger partial charge >= 0.3 is 0 Å². The number of carbonyl (C=O) groups excluding carboxylic acids is 1. The van der Waals surface area contributed by atoms with E-state index in [2.05, 4.69) is 6.92 Å². The van der Waals surface area contributed by atoms with Crippen LogP contribution >= 0.6 is 12.4 Å². The van der Waals surface area contributed by atoms with Crippen LogP contribution in [0.3, 0.4) is 0 Å². The Bertz CT molecular complexity index is 708. The topological polar surface area (TPSA) is 55.6 Å². The Kier molecular flexibility index (Phi) is 6.45. The second-order valence-corrected chi connectivity index (χ2v) is 6.75. The minimum Gasteiger partial charge on any atom is -0.489 e. The number of likely N-dealkylation sites (tertiary alicyclic amines) is 1. The molecule has 1 saturated heterocycles. The van der Waals surface area contributed by atoms with Gasteiger partial charge in [0.2, 0.25) is 0 Å². The van der Waals surface area contributed by atoms with E-state index in [1.54, 1.807) is 0 Å². The van der Waals surface area contributed by atoms with Crippen LogP contribution in [0.25, 0.3) is 0 Å². The van der Waals surface area contributed by atoms with Gasteiger partial charge < -0.3 is 15.4 Å². The second kappa shape index (κ2) is 8.37. The van der Waals surface area contributed by atoms with E-state index < -0.39 is 0 Å². The summed E-state index contributed by atoms with van der Waals surface area (Å²) in [6.07, 6.45) is 0.956. The molecule has 0 aliphatic carbocycles. The van der Waals surface area contributed by atoms with E-state index in [1.807, 2.05) is 59.5 Å². The van der Waals surface area contributed by atoms with Gasteiger partial charge in [-0.25, -0.2) is 0 Å². The van der Waals surface area contributed by atoms with Gasteiger partial charge in [0.1, 0.15) is 12.4 Å². The summed E-state index contributed by atoms with van der Waals surface area (Å²) in [7, 11) is 0. The average Bonchev–Trinajstić information content (AvgIpc) is 3.03. The predicted molar refractivity (Wildman–Crippen MR) is 102 cm³/mol. The molecule has 1 aliphatic rings. The van der Waals surface area contributed by atoms with Gasteiger partial charge in [-0.1, -0.05) is 43.3 Å². The van der Waals surface area contributed by atoms with Crippen molar-refractivity contribution in [2.24, 2.45) is 11.1 Å². The van der Waals surface area contributed by atoms with Crippen LogP contribution in [0.4, 0.5) is 0 Å². The number of para-hydroxylation sites is 1. The zero-order valence-electron chi connectivity index (χ0n) is 14.5. The third kappa shape index (κ3) is 4.53. The number of amides is 1. The van der Waals surface area contributed by atoms with Crippen LogP contribution in [-0.4, -0.2) is 30.4 Å². The van der Waals surface area contributed by atoms with Crippen LogP contribution in [0.5, 0.6) is 5.75 Å². The van der Waals surface area contributed by atoms with Gasteiger partial charge in [0, 0.05) is 24.2 Å². The SMILES string of the molecule is CC1(CN)CCN(C(=O)c2ccccc2COc2ccccc2)C1.Cl. The van der Waals surface area contributed by atoms with Gasteiger partial charge in [0.25, 0.3) is 5.91 Å². The number of ether oxygens (including phenoxy) is 1. The fraction of sp³-hybridized carbons (Fsp3) is 0.350. The zero-order chi connectivity index (χ0) is 17.0. The fourth-order valence-electron chi connectivity index (χ4n) is 3.07. The molecule has 1 fully saturated rings.